The smallest absolute Gasteiger partial charge is 0.234 e. The van der Waals surface area contributed by atoms with Crippen LogP contribution in [0.2, 0.25) is 5.02 Å². The highest BCUT2D eigenvalue weighted by atomic mass is 35.5. The van der Waals surface area contributed by atoms with E-state index < -0.39 is 0 Å². The molecular weight excluding hydrogens is 351 g/mol. The lowest BCUT2D eigenvalue weighted by molar-refractivity contribution is -0.113. The number of aromatic amines is 1. The van der Waals surface area contributed by atoms with Gasteiger partial charge in [-0.2, -0.15) is 0 Å². The van der Waals surface area contributed by atoms with Gasteiger partial charge in [-0.1, -0.05) is 35.5 Å². The summed E-state index contributed by atoms with van der Waals surface area (Å²) in [6.07, 6.45) is 0. The molecule has 0 aliphatic carbocycles. The van der Waals surface area contributed by atoms with Gasteiger partial charge in [0.15, 0.2) is 5.82 Å². The summed E-state index contributed by atoms with van der Waals surface area (Å²) in [6, 6.07) is 13.1. The van der Waals surface area contributed by atoms with Crippen molar-refractivity contribution in [2.75, 3.05) is 11.1 Å². The average molecular weight is 363 g/mol. The third-order valence-electron chi connectivity index (χ3n) is 3.05. The third-order valence-corrected chi connectivity index (χ3v) is 4.15. The van der Waals surface area contributed by atoms with E-state index in [9.17, 15) is 9.18 Å². The topological polar surface area (TPSA) is 70.7 Å². The summed E-state index contributed by atoms with van der Waals surface area (Å²) in [5.41, 5.74) is 0.995. The minimum atomic E-state index is -0.384. The number of hydrogen-bond donors (Lipinski definition) is 2. The van der Waals surface area contributed by atoms with Crippen LogP contribution in [0.3, 0.4) is 0 Å². The van der Waals surface area contributed by atoms with Crippen molar-refractivity contribution in [2.45, 2.75) is 5.16 Å². The molecule has 0 saturated heterocycles. The summed E-state index contributed by atoms with van der Waals surface area (Å²) in [6.45, 7) is 0. The highest BCUT2D eigenvalue weighted by Gasteiger charge is 2.11. The molecule has 2 N–H and O–H groups in total. The lowest BCUT2D eigenvalue weighted by Crippen LogP contribution is -2.13. The standard InChI is InChI=1S/C16H12ClFN4OS/c17-10-5-7-11(8-6-10)19-14(23)9-24-16-20-15(21-22-16)12-3-1-2-4-13(12)18/h1-8H,9H2,(H,19,23)(H,20,21,22). The van der Waals surface area contributed by atoms with Gasteiger partial charge >= 0.3 is 0 Å². The Labute approximate surface area is 146 Å². The molecule has 0 atom stereocenters. The van der Waals surface area contributed by atoms with E-state index in [1.165, 1.54) is 6.07 Å². The number of H-pyrrole nitrogens is 1. The van der Waals surface area contributed by atoms with E-state index in [0.29, 0.717) is 27.3 Å². The van der Waals surface area contributed by atoms with Gasteiger partial charge in [-0.3, -0.25) is 9.89 Å². The Morgan fingerprint density at radius 2 is 1.96 bits per heavy atom. The van der Waals surface area contributed by atoms with Gasteiger partial charge < -0.3 is 5.32 Å². The molecule has 0 aliphatic heterocycles. The lowest BCUT2D eigenvalue weighted by Gasteiger charge is -2.03. The third kappa shape index (κ3) is 4.12. The predicted molar refractivity (Wildman–Crippen MR) is 92.6 cm³/mol. The van der Waals surface area contributed by atoms with Gasteiger partial charge in [0.05, 0.1) is 11.3 Å². The number of anilines is 1. The molecule has 8 heteroatoms. The minimum absolute atomic E-state index is 0.136. The molecule has 0 aliphatic rings. The first-order valence-corrected chi connectivity index (χ1v) is 8.34. The van der Waals surface area contributed by atoms with Gasteiger partial charge in [0, 0.05) is 10.7 Å². The normalized spacial score (nSPS) is 10.6. The van der Waals surface area contributed by atoms with Crippen LogP contribution in [0.4, 0.5) is 10.1 Å². The Hall–Kier alpha value is -2.38. The molecule has 1 amide bonds. The van der Waals surface area contributed by atoms with Crippen molar-refractivity contribution in [3.05, 3.63) is 59.4 Å². The zero-order chi connectivity index (χ0) is 16.9. The first-order valence-electron chi connectivity index (χ1n) is 6.97. The second-order valence-electron chi connectivity index (χ2n) is 4.79. The monoisotopic (exact) mass is 362 g/mol. The van der Waals surface area contributed by atoms with E-state index in [2.05, 4.69) is 20.5 Å². The molecule has 2 aromatic carbocycles. The van der Waals surface area contributed by atoms with Gasteiger partial charge in [0.1, 0.15) is 5.82 Å². The maximum absolute atomic E-state index is 13.7. The van der Waals surface area contributed by atoms with Gasteiger partial charge in [-0.15, -0.1) is 5.10 Å². The quantitative estimate of drug-likeness (QED) is 0.673. The van der Waals surface area contributed by atoms with Gasteiger partial charge in [0.2, 0.25) is 11.1 Å². The van der Waals surface area contributed by atoms with E-state index in [1.54, 1.807) is 42.5 Å². The van der Waals surface area contributed by atoms with Crippen LogP contribution in [0.25, 0.3) is 11.4 Å². The van der Waals surface area contributed by atoms with Crippen LogP contribution in [-0.2, 0) is 4.79 Å². The number of aromatic nitrogens is 3. The zero-order valence-electron chi connectivity index (χ0n) is 12.3. The average Bonchev–Trinajstić information content (AvgIpc) is 3.04. The molecule has 0 spiro atoms. The maximum atomic E-state index is 13.7. The molecule has 0 saturated carbocycles. The van der Waals surface area contributed by atoms with E-state index in [1.807, 2.05) is 0 Å². The predicted octanol–water partition coefficient (Wildman–Crippen LogP) is 4.00. The van der Waals surface area contributed by atoms with Crippen LogP contribution in [0.5, 0.6) is 0 Å². The number of benzene rings is 2. The Bertz CT molecular complexity index is 853. The van der Waals surface area contributed by atoms with E-state index >= 15 is 0 Å². The molecule has 0 radical (unpaired) electrons. The van der Waals surface area contributed by atoms with Crippen molar-refractivity contribution in [1.29, 1.82) is 0 Å². The number of halogens is 2. The molecular formula is C16H12ClFN4OS. The Morgan fingerprint density at radius 1 is 1.21 bits per heavy atom. The first-order chi connectivity index (χ1) is 11.6. The van der Waals surface area contributed by atoms with Gasteiger partial charge in [-0.05, 0) is 36.4 Å². The number of amides is 1. The molecule has 0 fully saturated rings. The fourth-order valence-corrected chi connectivity index (χ4v) is 2.67. The summed E-state index contributed by atoms with van der Waals surface area (Å²) in [7, 11) is 0. The minimum Gasteiger partial charge on any atom is -0.325 e. The van der Waals surface area contributed by atoms with Crippen molar-refractivity contribution in [3.8, 4) is 11.4 Å². The van der Waals surface area contributed by atoms with Crippen molar-refractivity contribution in [3.63, 3.8) is 0 Å². The second kappa shape index (κ2) is 7.46. The number of nitrogens with one attached hydrogen (secondary N) is 2. The van der Waals surface area contributed by atoms with E-state index in [4.69, 9.17) is 11.6 Å². The molecule has 122 valence electrons. The van der Waals surface area contributed by atoms with Crippen molar-refractivity contribution in [2.24, 2.45) is 0 Å². The molecule has 5 nitrogen and oxygen atoms in total. The summed E-state index contributed by atoms with van der Waals surface area (Å²) < 4.78 is 13.7. The van der Waals surface area contributed by atoms with Gasteiger partial charge in [-0.25, -0.2) is 9.37 Å². The molecule has 3 aromatic rings. The molecule has 3 rings (SSSR count). The number of hydrogen-bond acceptors (Lipinski definition) is 4. The van der Waals surface area contributed by atoms with E-state index in [-0.39, 0.29) is 17.5 Å². The summed E-state index contributed by atoms with van der Waals surface area (Å²) in [5, 5.41) is 10.4. The van der Waals surface area contributed by atoms with Crippen LogP contribution in [-0.4, -0.2) is 26.8 Å². The highest BCUT2D eigenvalue weighted by Crippen LogP contribution is 2.21. The van der Waals surface area contributed by atoms with Crippen LogP contribution < -0.4 is 5.32 Å². The van der Waals surface area contributed by atoms with Crippen LogP contribution in [0.1, 0.15) is 0 Å². The number of carbonyl (C=O) groups is 1. The second-order valence-corrected chi connectivity index (χ2v) is 6.17. The largest absolute Gasteiger partial charge is 0.325 e. The Morgan fingerprint density at radius 3 is 2.71 bits per heavy atom. The molecule has 1 aromatic heterocycles. The SMILES string of the molecule is O=C(CSc1n[nH]c(-c2ccccc2F)n1)Nc1ccc(Cl)cc1. The van der Waals surface area contributed by atoms with Crippen LogP contribution in [0.15, 0.2) is 53.7 Å². The molecule has 24 heavy (non-hydrogen) atoms. The van der Waals surface area contributed by atoms with E-state index in [0.717, 1.165) is 11.8 Å². The Balaban J connectivity index is 1.58. The number of rotatable bonds is 5. The molecule has 0 unspecified atom stereocenters. The Kier molecular flexibility index (Phi) is 5.12. The molecule has 0 bridgehead atoms. The number of nitrogens with zero attached hydrogens (tertiary/aromatic N) is 2. The fourth-order valence-electron chi connectivity index (χ4n) is 1.95. The number of carbonyl (C=O) groups excluding carboxylic acids is 1. The summed E-state index contributed by atoms with van der Waals surface area (Å²) in [4.78, 5) is 16.1. The number of thioether (sulfide) groups is 1. The summed E-state index contributed by atoms with van der Waals surface area (Å²) >= 11 is 6.95. The maximum Gasteiger partial charge on any atom is 0.234 e. The van der Waals surface area contributed by atoms with Crippen molar-refractivity contribution >= 4 is 35.0 Å². The molecule has 1 heterocycles. The van der Waals surface area contributed by atoms with Crippen LogP contribution in [0, 0.1) is 5.82 Å². The zero-order valence-corrected chi connectivity index (χ0v) is 13.9. The highest BCUT2D eigenvalue weighted by molar-refractivity contribution is 7.99. The lowest BCUT2D eigenvalue weighted by atomic mass is 10.2. The van der Waals surface area contributed by atoms with Crippen LogP contribution >= 0.6 is 23.4 Å². The van der Waals surface area contributed by atoms with Crippen molar-refractivity contribution in [1.82, 2.24) is 15.2 Å². The van der Waals surface area contributed by atoms with Gasteiger partial charge in [0.25, 0.3) is 0 Å². The first kappa shape index (κ1) is 16.5. The summed E-state index contributed by atoms with van der Waals surface area (Å²) in [5.74, 6) is -0.115. The van der Waals surface area contributed by atoms with Crippen molar-refractivity contribution < 1.29 is 9.18 Å². The fraction of sp³-hybridized carbons (Fsp3) is 0.0625.